The fraction of sp³-hybridized carbons (Fsp3) is 0.364. The molecule has 3 nitrogen and oxygen atoms in total. The van der Waals surface area contributed by atoms with E-state index in [-0.39, 0.29) is 5.91 Å². The minimum absolute atomic E-state index is 0.0410. The molecule has 1 aromatic carbocycles. The summed E-state index contributed by atoms with van der Waals surface area (Å²) in [6.45, 7) is 1.84. The Bertz CT molecular complexity index is 321. The van der Waals surface area contributed by atoms with Crippen molar-refractivity contribution in [1.82, 2.24) is 0 Å². The van der Waals surface area contributed by atoms with E-state index in [0.29, 0.717) is 6.42 Å². The fourth-order valence-electron chi connectivity index (χ4n) is 1.21. The van der Waals surface area contributed by atoms with E-state index in [1.165, 1.54) is 0 Å². The van der Waals surface area contributed by atoms with Gasteiger partial charge in [0.1, 0.15) is 0 Å². The van der Waals surface area contributed by atoms with Crippen molar-refractivity contribution < 1.29 is 4.79 Å². The Balaban J connectivity index is 2.90. The minimum Gasteiger partial charge on any atom is -0.376 e. The summed E-state index contributed by atoms with van der Waals surface area (Å²) in [5.74, 6) is 0.0410. The van der Waals surface area contributed by atoms with Crippen molar-refractivity contribution in [2.75, 3.05) is 24.3 Å². The molecule has 1 aromatic rings. The lowest BCUT2D eigenvalue weighted by molar-refractivity contribution is -0.115. The maximum absolute atomic E-state index is 11.2. The van der Waals surface area contributed by atoms with Crippen LogP contribution in [0.15, 0.2) is 24.3 Å². The Kier molecular flexibility index (Phi) is 3.51. The smallest absolute Gasteiger partial charge is 0.224 e. The lowest BCUT2D eigenvalue weighted by Crippen LogP contribution is -2.15. The quantitative estimate of drug-likeness (QED) is 0.795. The molecule has 14 heavy (non-hydrogen) atoms. The molecule has 0 aliphatic heterocycles. The largest absolute Gasteiger partial charge is 0.376 e. The van der Waals surface area contributed by atoms with Gasteiger partial charge in [0.15, 0.2) is 0 Å². The average Bonchev–Trinajstić information content (AvgIpc) is 2.18. The zero-order valence-electron chi connectivity index (χ0n) is 8.87. The van der Waals surface area contributed by atoms with E-state index in [1.807, 2.05) is 50.2 Å². The second-order valence-corrected chi connectivity index (χ2v) is 3.31. The number of carbonyl (C=O) groups excluding carboxylic acids is 1. The SMILES string of the molecule is CCC(=O)Nc1ccccc1N(C)C. The third-order valence-electron chi connectivity index (χ3n) is 1.98. The van der Waals surface area contributed by atoms with E-state index in [0.717, 1.165) is 11.4 Å². The van der Waals surface area contributed by atoms with Crippen LogP contribution in [0.3, 0.4) is 0 Å². The van der Waals surface area contributed by atoms with Gasteiger partial charge in [0, 0.05) is 20.5 Å². The monoisotopic (exact) mass is 192 g/mol. The van der Waals surface area contributed by atoms with Gasteiger partial charge in [-0.2, -0.15) is 0 Å². The maximum atomic E-state index is 11.2. The predicted molar refractivity (Wildman–Crippen MR) is 59.7 cm³/mol. The van der Waals surface area contributed by atoms with E-state index >= 15 is 0 Å². The molecule has 0 fully saturated rings. The van der Waals surface area contributed by atoms with Crippen LogP contribution in [0.1, 0.15) is 13.3 Å². The van der Waals surface area contributed by atoms with Gasteiger partial charge in [-0.1, -0.05) is 19.1 Å². The molecule has 1 amide bonds. The van der Waals surface area contributed by atoms with Gasteiger partial charge in [0.2, 0.25) is 5.91 Å². The number of benzene rings is 1. The molecule has 0 spiro atoms. The van der Waals surface area contributed by atoms with Crippen LogP contribution in [0.25, 0.3) is 0 Å². The second-order valence-electron chi connectivity index (χ2n) is 3.31. The Hall–Kier alpha value is -1.51. The van der Waals surface area contributed by atoms with Crippen LogP contribution in [0.4, 0.5) is 11.4 Å². The van der Waals surface area contributed by atoms with Gasteiger partial charge in [-0.05, 0) is 12.1 Å². The topological polar surface area (TPSA) is 32.3 Å². The molecule has 0 bridgehead atoms. The number of anilines is 2. The van der Waals surface area contributed by atoms with Crippen molar-refractivity contribution in [1.29, 1.82) is 0 Å². The third-order valence-corrected chi connectivity index (χ3v) is 1.98. The Labute approximate surface area is 84.7 Å². The highest BCUT2D eigenvalue weighted by molar-refractivity contribution is 5.94. The summed E-state index contributed by atoms with van der Waals surface area (Å²) in [6.07, 6.45) is 0.502. The van der Waals surface area contributed by atoms with Crippen molar-refractivity contribution in [3.05, 3.63) is 24.3 Å². The molecule has 3 heteroatoms. The molecule has 1 N–H and O–H groups in total. The normalized spacial score (nSPS) is 9.64. The number of carbonyl (C=O) groups is 1. The molecule has 1 rings (SSSR count). The van der Waals surface area contributed by atoms with Crippen molar-refractivity contribution >= 4 is 17.3 Å². The summed E-state index contributed by atoms with van der Waals surface area (Å²) in [4.78, 5) is 13.2. The van der Waals surface area contributed by atoms with Gasteiger partial charge in [-0.15, -0.1) is 0 Å². The van der Waals surface area contributed by atoms with Crippen molar-refractivity contribution in [2.24, 2.45) is 0 Å². The maximum Gasteiger partial charge on any atom is 0.224 e. The first-order valence-corrected chi connectivity index (χ1v) is 4.71. The highest BCUT2D eigenvalue weighted by atomic mass is 16.1. The van der Waals surface area contributed by atoms with Crippen LogP contribution in [0.5, 0.6) is 0 Å². The Morgan fingerprint density at radius 3 is 2.57 bits per heavy atom. The molecule has 0 aromatic heterocycles. The molecule has 76 valence electrons. The Morgan fingerprint density at radius 1 is 1.36 bits per heavy atom. The van der Waals surface area contributed by atoms with E-state index in [1.54, 1.807) is 0 Å². The predicted octanol–water partition coefficient (Wildman–Crippen LogP) is 2.10. The zero-order valence-corrected chi connectivity index (χ0v) is 8.87. The van der Waals surface area contributed by atoms with Gasteiger partial charge in [0.05, 0.1) is 11.4 Å². The fourth-order valence-corrected chi connectivity index (χ4v) is 1.21. The van der Waals surface area contributed by atoms with Gasteiger partial charge in [-0.3, -0.25) is 4.79 Å². The molecule has 0 saturated carbocycles. The molecule has 0 saturated heterocycles. The summed E-state index contributed by atoms with van der Waals surface area (Å²) in [5, 5.41) is 2.86. The van der Waals surface area contributed by atoms with Crippen LogP contribution in [0.2, 0.25) is 0 Å². The Morgan fingerprint density at radius 2 is 2.00 bits per heavy atom. The van der Waals surface area contributed by atoms with Crippen LogP contribution in [-0.2, 0) is 4.79 Å². The molecule has 0 aliphatic carbocycles. The summed E-state index contributed by atoms with van der Waals surface area (Å²) >= 11 is 0. The third kappa shape index (κ3) is 2.49. The first-order chi connectivity index (χ1) is 6.65. The first kappa shape index (κ1) is 10.6. The number of hydrogen-bond donors (Lipinski definition) is 1. The van der Waals surface area contributed by atoms with Crippen molar-refractivity contribution in [3.63, 3.8) is 0 Å². The molecular weight excluding hydrogens is 176 g/mol. The number of hydrogen-bond acceptors (Lipinski definition) is 2. The summed E-state index contributed by atoms with van der Waals surface area (Å²) in [5.41, 5.74) is 1.89. The van der Waals surface area contributed by atoms with Gasteiger partial charge >= 0.3 is 0 Å². The molecule has 0 atom stereocenters. The van der Waals surface area contributed by atoms with Crippen LogP contribution >= 0.6 is 0 Å². The van der Waals surface area contributed by atoms with E-state index in [2.05, 4.69) is 5.32 Å². The lowest BCUT2D eigenvalue weighted by atomic mass is 10.2. The van der Waals surface area contributed by atoms with Crippen molar-refractivity contribution in [3.8, 4) is 0 Å². The number of rotatable bonds is 3. The van der Waals surface area contributed by atoms with E-state index in [4.69, 9.17) is 0 Å². The lowest BCUT2D eigenvalue weighted by Gasteiger charge is -2.17. The number of nitrogens with one attached hydrogen (secondary N) is 1. The minimum atomic E-state index is 0.0410. The number of nitrogens with zero attached hydrogens (tertiary/aromatic N) is 1. The average molecular weight is 192 g/mol. The number of amides is 1. The van der Waals surface area contributed by atoms with Gasteiger partial charge in [0.25, 0.3) is 0 Å². The van der Waals surface area contributed by atoms with E-state index in [9.17, 15) is 4.79 Å². The standard InChI is InChI=1S/C11H16N2O/c1-4-11(14)12-9-7-5-6-8-10(9)13(2)3/h5-8H,4H2,1-3H3,(H,12,14). The molecule has 0 radical (unpaired) electrons. The molecular formula is C11H16N2O. The van der Waals surface area contributed by atoms with Crippen molar-refractivity contribution in [2.45, 2.75) is 13.3 Å². The van der Waals surface area contributed by atoms with Gasteiger partial charge < -0.3 is 10.2 Å². The summed E-state index contributed by atoms with van der Waals surface area (Å²) in [7, 11) is 3.91. The first-order valence-electron chi connectivity index (χ1n) is 4.71. The molecule has 0 aliphatic rings. The molecule has 0 unspecified atom stereocenters. The number of para-hydroxylation sites is 2. The zero-order chi connectivity index (χ0) is 10.6. The molecule has 0 heterocycles. The highest BCUT2D eigenvalue weighted by Crippen LogP contribution is 2.23. The van der Waals surface area contributed by atoms with Crippen LogP contribution in [-0.4, -0.2) is 20.0 Å². The summed E-state index contributed by atoms with van der Waals surface area (Å²) < 4.78 is 0. The highest BCUT2D eigenvalue weighted by Gasteiger charge is 2.05. The summed E-state index contributed by atoms with van der Waals surface area (Å²) in [6, 6.07) is 7.75. The van der Waals surface area contributed by atoms with Crippen LogP contribution in [0, 0.1) is 0 Å². The second kappa shape index (κ2) is 4.65. The van der Waals surface area contributed by atoms with E-state index < -0.39 is 0 Å². The van der Waals surface area contributed by atoms with Gasteiger partial charge in [-0.25, -0.2) is 0 Å². The van der Waals surface area contributed by atoms with Crippen LogP contribution < -0.4 is 10.2 Å².